The van der Waals surface area contributed by atoms with Crippen molar-refractivity contribution in [3.05, 3.63) is 27.0 Å². The zero-order chi connectivity index (χ0) is 15.9. The number of nitrogens with zero attached hydrogens (tertiary/aromatic N) is 3. The Morgan fingerprint density at radius 2 is 1.95 bits per heavy atom. The van der Waals surface area contributed by atoms with Crippen LogP contribution in [0.5, 0.6) is 0 Å². The zero-order valence-corrected chi connectivity index (χ0v) is 12.3. The van der Waals surface area contributed by atoms with Gasteiger partial charge < -0.3 is 9.67 Å². The number of rotatable bonds is 3. The second kappa shape index (κ2) is 5.11. The second-order valence-electron chi connectivity index (χ2n) is 4.86. The van der Waals surface area contributed by atoms with Crippen LogP contribution in [0.4, 0.5) is 0 Å². The van der Waals surface area contributed by atoms with Crippen molar-refractivity contribution in [2.45, 2.75) is 23.8 Å². The number of hydrogen-bond donors (Lipinski definition) is 1. The molecule has 21 heavy (non-hydrogen) atoms. The van der Waals surface area contributed by atoms with Gasteiger partial charge in [-0.05, 0) is 12.8 Å². The summed E-state index contributed by atoms with van der Waals surface area (Å²) < 4.78 is 27.5. The van der Waals surface area contributed by atoms with Crippen LogP contribution in [0.15, 0.2) is 20.7 Å². The van der Waals surface area contributed by atoms with Crippen LogP contribution >= 0.6 is 0 Å². The molecule has 0 amide bonds. The highest BCUT2D eigenvalue weighted by molar-refractivity contribution is 7.89. The number of carboxylic acid groups (broad SMARTS) is 1. The van der Waals surface area contributed by atoms with E-state index in [2.05, 4.69) is 0 Å². The fourth-order valence-corrected chi connectivity index (χ4v) is 4.15. The molecule has 2 rings (SSSR count). The summed E-state index contributed by atoms with van der Waals surface area (Å²) in [6.07, 6.45) is 1.53. The van der Waals surface area contributed by atoms with Crippen LogP contribution in [0.3, 0.4) is 0 Å². The first-order valence-electron chi connectivity index (χ1n) is 6.19. The minimum atomic E-state index is -4.27. The largest absolute Gasteiger partial charge is 0.480 e. The molecular weight excluding hydrogens is 302 g/mol. The minimum absolute atomic E-state index is 0.0330. The Balaban J connectivity index is 2.63. The van der Waals surface area contributed by atoms with Crippen LogP contribution in [-0.4, -0.2) is 45.5 Å². The van der Waals surface area contributed by atoms with Crippen LogP contribution in [0.1, 0.15) is 12.8 Å². The van der Waals surface area contributed by atoms with Gasteiger partial charge in [0.15, 0.2) is 4.90 Å². The maximum atomic E-state index is 12.5. The standard InChI is InChI=1S/C11H15N3O6S/c1-12-6-8(9(15)13(2)11(12)18)21(19,20)14-5-3-4-7(14)10(16)17/h6-7H,3-5H2,1-2H3,(H,16,17)/t7-/m1/s1. The summed E-state index contributed by atoms with van der Waals surface area (Å²) in [5.74, 6) is -1.25. The van der Waals surface area contributed by atoms with Crippen molar-refractivity contribution in [2.24, 2.45) is 14.1 Å². The predicted molar refractivity (Wildman–Crippen MR) is 71.5 cm³/mol. The Morgan fingerprint density at radius 1 is 1.33 bits per heavy atom. The molecule has 10 heteroatoms. The van der Waals surface area contributed by atoms with E-state index >= 15 is 0 Å². The molecule has 9 nitrogen and oxygen atoms in total. The summed E-state index contributed by atoms with van der Waals surface area (Å²) in [6.45, 7) is 0.0330. The van der Waals surface area contributed by atoms with Crippen molar-refractivity contribution < 1.29 is 18.3 Å². The third-order valence-electron chi connectivity index (χ3n) is 3.49. The maximum absolute atomic E-state index is 12.5. The number of sulfonamides is 1. The third-order valence-corrected chi connectivity index (χ3v) is 5.38. The van der Waals surface area contributed by atoms with Crippen molar-refractivity contribution >= 4 is 16.0 Å². The molecule has 1 aromatic rings. The summed E-state index contributed by atoms with van der Waals surface area (Å²) in [7, 11) is -1.78. The minimum Gasteiger partial charge on any atom is -0.480 e. The number of aromatic nitrogens is 2. The topological polar surface area (TPSA) is 119 Å². The summed E-state index contributed by atoms with van der Waals surface area (Å²) in [5.41, 5.74) is -1.62. The van der Waals surface area contributed by atoms with E-state index in [1.807, 2.05) is 0 Å². The van der Waals surface area contributed by atoms with E-state index in [0.29, 0.717) is 11.0 Å². The molecule has 0 unspecified atom stereocenters. The van der Waals surface area contributed by atoms with Gasteiger partial charge in [0.2, 0.25) is 0 Å². The van der Waals surface area contributed by atoms with E-state index in [0.717, 1.165) is 15.1 Å². The normalized spacial score (nSPS) is 19.8. The van der Waals surface area contributed by atoms with Gasteiger partial charge in [-0.1, -0.05) is 0 Å². The van der Waals surface area contributed by atoms with Crippen molar-refractivity contribution in [3.63, 3.8) is 0 Å². The van der Waals surface area contributed by atoms with Crippen LogP contribution in [0.2, 0.25) is 0 Å². The SMILES string of the molecule is Cn1cc(S(=O)(=O)N2CCC[C@@H]2C(=O)O)c(=O)n(C)c1=O. The van der Waals surface area contributed by atoms with Gasteiger partial charge in [-0.3, -0.25) is 14.2 Å². The summed E-state index contributed by atoms with van der Waals surface area (Å²) in [4.78, 5) is 34.1. The van der Waals surface area contributed by atoms with Crippen LogP contribution < -0.4 is 11.2 Å². The maximum Gasteiger partial charge on any atom is 0.330 e. The molecular formula is C11H15N3O6S. The van der Waals surface area contributed by atoms with Crippen molar-refractivity contribution in [2.75, 3.05) is 6.54 Å². The lowest BCUT2D eigenvalue weighted by Gasteiger charge is -2.20. The number of carboxylic acids is 1. The van der Waals surface area contributed by atoms with E-state index < -0.39 is 38.2 Å². The molecule has 0 radical (unpaired) electrons. The number of aryl methyl sites for hydroxylation is 1. The molecule has 0 saturated carbocycles. The molecule has 1 atom stereocenters. The molecule has 1 aliphatic rings. The van der Waals surface area contributed by atoms with E-state index in [9.17, 15) is 22.8 Å². The highest BCUT2D eigenvalue weighted by atomic mass is 32.2. The summed E-state index contributed by atoms with van der Waals surface area (Å²) in [6, 6.07) is -1.18. The molecule has 2 heterocycles. The van der Waals surface area contributed by atoms with E-state index in [-0.39, 0.29) is 13.0 Å². The van der Waals surface area contributed by atoms with Gasteiger partial charge in [0, 0.05) is 26.8 Å². The van der Waals surface area contributed by atoms with Crippen molar-refractivity contribution in [1.82, 2.24) is 13.4 Å². The Bertz CT molecular complexity index is 806. The monoisotopic (exact) mass is 317 g/mol. The smallest absolute Gasteiger partial charge is 0.330 e. The molecule has 1 N–H and O–H groups in total. The zero-order valence-electron chi connectivity index (χ0n) is 11.5. The van der Waals surface area contributed by atoms with E-state index in [4.69, 9.17) is 5.11 Å². The van der Waals surface area contributed by atoms with Gasteiger partial charge >= 0.3 is 11.7 Å². The lowest BCUT2D eigenvalue weighted by molar-refractivity contribution is -0.140. The summed E-state index contributed by atoms with van der Waals surface area (Å²) >= 11 is 0. The highest BCUT2D eigenvalue weighted by Crippen LogP contribution is 2.24. The van der Waals surface area contributed by atoms with Crippen molar-refractivity contribution in [3.8, 4) is 0 Å². The Morgan fingerprint density at radius 3 is 2.52 bits per heavy atom. The first-order valence-corrected chi connectivity index (χ1v) is 7.63. The Hall–Kier alpha value is -1.94. The third kappa shape index (κ3) is 2.40. The quantitative estimate of drug-likeness (QED) is 0.711. The fraction of sp³-hybridized carbons (Fsp3) is 0.545. The molecule has 116 valence electrons. The fourth-order valence-electron chi connectivity index (χ4n) is 2.35. The van der Waals surface area contributed by atoms with Crippen LogP contribution in [0.25, 0.3) is 0 Å². The van der Waals surface area contributed by atoms with E-state index in [1.54, 1.807) is 0 Å². The Labute approximate surface area is 120 Å². The van der Waals surface area contributed by atoms with Gasteiger partial charge in [-0.2, -0.15) is 4.31 Å². The Kier molecular flexibility index (Phi) is 3.76. The van der Waals surface area contributed by atoms with Gasteiger partial charge in [0.05, 0.1) is 0 Å². The molecule has 1 aliphatic heterocycles. The second-order valence-corrected chi connectivity index (χ2v) is 6.72. The lowest BCUT2D eigenvalue weighted by Crippen LogP contribution is -2.45. The highest BCUT2D eigenvalue weighted by Gasteiger charge is 2.41. The van der Waals surface area contributed by atoms with Gasteiger partial charge in [-0.15, -0.1) is 0 Å². The summed E-state index contributed by atoms with van der Waals surface area (Å²) in [5, 5.41) is 9.07. The van der Waals surface area contributed by atoms with Gasteiger partial charge in [0.25, 0.3) is 15.6 Å². The molecule has 1 fully saturated rings. The van der Waals surface area contributed by atoms with Crippen LogP contribution in [0, 0.1) is 0 Å². The first kappa shape index (κ1) is 15.4. The molecule has 0 bridgehead atoms. The number of aliphatic carboxylic acids is 1. The van der Waals surface area contributed by atoms with Gasteiger partial charge in [-0.25, -0.2) is 13.2 Å². The predicted octanol–water partition coefficient (Wildman–Crippen LogP) is -1.68. The molecule has 1 saturated heterocycles. The average Bonchev–Trinajstić information content (AvgIpc) is 2.90. The molecule has 0 aromatic carbocycles. The number of carbonyl (C=O) groups is 1. The number of hydrogen-bond acceptors (Lipinski definition) is 5. The average molecular weight is 317 g/mol. The lowest BCUT2D eigenvalue weighted by atomic mass is 10.2. The van der Waals surface area contributed by atoms with E-state index in [1.165, 1.54) is 14.1 Å². The molecule has 0 aliphatic carbocycles. The van der Waals surface area contributed by atoms with Crippen molar-refractivity contribution in [1.29, 1.82) is 0 Å². The first-order chi connectivity index (χ1) is 9.67. The molecule has 0 spiro atoms. The van der Waals surface area contributed by atoms with Gasteiger partial charge in [0.1, 0.15) is 6.04 Å². The van der Waals surface area contributed by atoms with Crippen LogP contribution in [-0.2, 0) is 28.9 Å². The molecule has 1 aromatic heterocycles.